The molecule has 0 aliphatic carbocycles. The molecule has 0 amide bonds. The van der Waals surface area contributed by atoms with Crippen LogP contribution in [0.2, 0.25) is 0 Å². The Morgan fingerprint density at radius 1 is 1.44 bits per heavy atom. The normalized spacial score (nSPS) is 10.9. The summed E-state index contributed by atoms with van der Waals surface area (Å²) < 4.78 is 5.58. The molecule has 1 aromatic rings. The molecule has 1 rings (SSSR count). The minimum atomic E-state index is -0.329. The van der Waals surface area contributed by atoms with E-state index < -0.39 is 0 Å². The van der Waals surface area contributed by atoms with Crippen molar-refractivity contribution in [3.8, 4) is 11.8 Å². The second-order valence-corrected chi connectivity index (χ2v) is 4.64. The van der Waals surface area contributed by atoms with Crippen molar-refractivity contribution in [2.24, 2.45) is 5.41 Å². The molecule has 0 aromatic heterocycles. The van der Waals surface area contributed by atoms with E-state index in [9.17, 15) is 0 Å². The van der Waals surface area contributed by atoms with Gasteiger partial charge in [-0.2, -0.15) is 5.26 Å². The Labute approximate surface area is 102 Å². The van der Waals surface area contributed by atoms with Crippen LogP contribution in [0.25, 0.3) is 0 Å². The predicted octanol–water partition coefficient (Wildman–Crippen LogP) is 3.74. The van der Waals surface area contributed by atoms with Gasteiger partial charge in [-0.3, -0.25) is 0 Å². The van der Waals surface area contributed by atoms with E-state index in [-0.39, 0.29) is 5.41 Å². The number of rotatable bonds is 5. The van der Waals surface area contributed by atoms with Crippen LogP contribution in [0.4, 0.5) is 0 Å². The third kappa shape index (κ3) is 4.12. The number of alkyl halides is 1. The van der Waals surface area contributed by atoms with Gasteiger partial charge < -0.3 is 4.74 Å². The van der Waals surface area contributed by atoms with Crippen LogP contribution in [0.5, 0.6) is 5.75 Å². The van der Waals surface area contributed by atoms with Crippen LogP contribution in [-0.2, 0) is 5.88 Å². The monoisotopic (exact) mass is 237 g/mol. The van der Waals surface area contributed by atoms with Gasteiger partial charge in [-0.15, -0.1) is 11.6 Å². The highest BCUT2D eigenvalue weighted by Gasteiger charge is 2.16. The van der Waals surface area contributed by atoms with E-state index in [0.29, 0.717) is 18.9 Å². The van der Waals surface area contributed by atoms with Gasteiger partial charge in [0, 0.05) is 5.88 Å². The zero-order chi connectivity index (χ0) is 12.0. The lowest BCUT2D eigenvalue weighted by Crippen LogP contribution is -2.13. The number of nitrogens with zero attached hydrogens (tertiary/aromatic N) is 1. The maximum atomic E-state index is 8.85. The third-order valence-corrected chi connectivity index (χ3v) is 2.66. The van der Waals surface area contributed by atoms with Crippen molar-refractivity contribution in [1.82, 2.24) is 0 Å². The van der Waals surface area contributed by atoms with E-state index in [1.54, 1.807) is 0 Å². The van der Waals surface area contributed by atoms with Crippen molar-refractivity contribution in [2.45, 2.75) is 26.1 Å². The Hall–Kier alpha value is -1.20. The summed E-state index contributed by atoms with van der Waals surface area (Å²) in [6.07, 6.45) is 0.717. The fourth-order valence-electron chi connectivity index (χ4n) is 1.20. The Balaban J connectivity index is 2.46. The minimum absolute atomic E-state index is 0.329. The van der Waals surface area contributed by atoms with Gasteiger partial charge in [0.2, 0.25) is 0 Å². The number of hydrogen-bond acceptors (Lipinski definition) is 2. The first-order valence-electron chi connectivity index (χ1n) is 5.26. The number of benzene rings is 1. The van der Waals surface area contributed by atoms with Crippen molar-refractivity contribution >= 4 is 11.6 Å². The summed E-state index contributed by atoms with van der Waals surface area (Å²) in [4.78, 5) is 0. The molecule has 2 nitrogen and oxygen atoms in total. The summed E-state index contributed by atoms with van der Waals surface area (Å²) in [5, 5.41) is 8.85. The molecule has 0 unspecified atom stereocenters. The zero-order valence-electron chi connectivity index (χ0n) is 9.66. The maximum absolute atomic E-state index is 8.85. The van der Waals surface area contributed by atoms with Crippen LogP contribution in [0, 0.1) is 16.7 Å². The highest BCUT2D eigenvalue weighted by Crippen LogP contribution is 2.20. The highest BCUT2D eigenvalue weighted by molar-refractivity contribution is 6.17. The largest absolute Gasteiger partial charge is 0.494 e. The molecule has 0 radical (unpaired) electrons. The molecule has 0 saturated heterocycles. The van der Waals surface area contributed by atoms with Crippen LogP contribution in [0.15, 0.2) is 24.3 Å². The summed E-state index contributed by atoms with van der Waals surface area (Å²) in [6, 6.07) is 9.95. The maximum Gasteiger partial charge on any atom is 0.119 e. The molecule has 0 atom stereocenters. The average molecular weight is 238 g/mol. The van der Waals surface area contributed by atoms with Gasteiger partial charge in [0.05, 0.1) is 18.1 Å². The molecule has 0 heterocycles. The Morgan fingerprint density at radius 3 is 2.81 bits per heavy atom. The topological polar surface area (TPSA) is 33.0 Å². The molecule has 0 spiro atoms. The van der Waals surface area contributed by atoms with Gasteiger partial charge in [0.25, 0.3) is 0 Å². The Morgan fingerprint density at radius 2 is 2.19 bits per heavy atom. The van der Waals surface area contributed by atoms with Crippen LogP contribution in [0.1, 0.15) is 25.8 Å². The summed E-state index contributed by atoms with van der Waals surface area (Å²) in [5.74, 6) is 1.30. The number of halogens is 1. The highest BCUT2D eigenvalue weighted by atomic mass is 35.5. The average Bonchev–Trinajstić information content (AvgIpc) is 2.29. The molecule has 16 heavy (non-hydrogen) atoms. The number of ether oxygens (including phenoxy) is 1. The van der Waals surface area contributed by atoms with Crippen molar-refractivity contribution in [3.63, 3.8) is 0 Å². The van der Waals surface area contributed by atoms with Crippen molar-refractivity contribution in [3.05, 3.63) is 29.8 Å². The van der Waals surface area contributed by atoms with E-state index in [4.69, 9.17) is 21.6 Å². The second-order valence-electron chi connectivity index (χ2n) is 4.38. The summed E-state index contributed by atoms with van der Waals surface area (Å²) in [7, 11) is 0. The lowest BCUT2D eigenvalue weighted by Gasteiger charge is -2.15. The number of hydrogen-bond donors (Lipinski definition) is 0. The van der Waals surface area contributed by atoms with Crippen LogP contribution < -0.4 is 4.74 Å². The standard InChI is InChI=1S/C13H16ClNO/c1-13(2,10-15)6-7-16-12-5-3-4-11(8-12)9-14/h3-5,8H,6-7,9H2,1-2H3. The first-order chi connectivity index (χ1) is 7.57. The molecule has 0 bridgehead atoms. The van der Waals surface area contributed by atoms with E-state index in [1.165, 1.54) is 0 Å². The smallest absolute Gasteiger partial charge is 0.119 e. The molecular weight excluding hydrogens is 222 g/mol. The van der Waals surface area contributed by atoms with Gasteiger partial charge in [0.15, 0.2) is 0 Å². The lowest BCUT2D eigenvalue weighted by molar-refractivity contribution is 0.264. The first kappa shape index (κ1) is 12.9. The van der Waals surface area contributed by atoms with Gasteiger partial charge in [-0.1, -0.05) is 12.1 Å². The molecule has 0 aliphatic rings. The molecule has 0 N–H and O–H groups in total. The third-order valence-electron chi connectivity index (χ3n) is 2.35. The molecule has 0 saturated carbocycles. The van der Waals surface area contributed by atoms with Gasteiger partial charge in [-0.25, -0.2) is 0 Å². The molecule has 3 heteroatoms. The second kappa shape index (κ2) is 5.77. The molecule has 1 aromatic carbocycles. The Kier molecular flexibility index (Phi) is 4.64. The summed E-state index contributed by atoms with van der Waals surface area (Å²) >= 11 is 5.73. The summed E-state index contributed by atoms with van der Waals surface area (Å²) in [6.45, 7) is 4.36. The van der Waals surface area contributed by atoms with Crippen LogP contribution >= 0.6 is 11.6 Å². The van der Waals surface area contributed by atoms with Crippen molar-refractivity contribution < 1.29 is 4.74 Å². The molecular formula is C13H16ClNO. The SMILES string of the molecule is CC(C)(C#N)CCOc1cccc(CCl)c1. The van der Waals surface area contributed by atoms with Crippen LogP contribution in [0.3, 0.4) is 0 Å². The quantitative estimate of drug-likeness (QED) is 0.731. The van der Waals surface area contributed by atoms with Gasteiger partial charge in [-0.05, 0) is 38.0 Å². The van der Waals surface area contributed by atoms with Gasteiger partial charge >= 0.3 is 0 Å². The molecule has 0 fully saturated rings. The van der Waals surface area contributed by atoms with E-state index in [0.717, 1.165) is 11.3 Å². The summed E-state index contributed by atoms with van der Waals surface area (Å²) in [5.41, 5.74) is 0.711. The minimum Gasteiger partial charge on any atom is -0.494 e. The van der Waals surface area contributed by atoms with Crippen molar-refractivity contribution in [1.29, 1.82) is 5.26 Å². The lowest BCUT2D eigenvalue weighted by atomic mass is 9.92. The molecule has 86 valence electrons. The number of nitriles is 1. The zero-order valence-corrected chi connectivity index (χ0v) is 10.4. The molecule has 0 aliphatic heterocycles. The van der Waals surface area contributed by atoms with Crippen LogP contribution in [-0.4, -0.2) is 6.61 Å². The van der Waals surface area contributed by atoms with Gasteiger partial charge in [0.1, 0.15) is 5.75 Å². The van der Waals surface area contributed by atoms with Crippen molar-refractivity contribution in [2.75, 3.05) is 6.61 Å². The fraction of sp³-hybridized carbons (Fsp3) is 0.462. The van der Waals surface area contributed by atoms with E-state index in [2.05, 4.69) is 6.07 Å². The van der Waals surface area contributed by atoms with E-state index in [1.807, 2.05) is 38.1 Å². The van der Waals surface area contributed by atoms with E-state index >= 15 is 0 Å². The predicted molar refractivity (Wildman–Crippen MR) is 65.5 cm³/mol. The Bertz CT molecular complexity index is 382. The first-order valence-corrected chi connectivity index (χ1v) is 5.80. The fourth-order valence-corrected chi connectivity index (χ4v) is 1.36.